The first-order valence-corrected chi connectivity index (χ1v) is 12.3. The van der Waals surface area contributed by atoms with Gasteiger partial charge in [0.25, 0.3) is 5.91 Å². The van der Waals surface area contributed by atoms with Gasteiger partial charge in [-0.15, -0.1) is 0 Å². The molecule has 2 aliphatic rings. The zero-order valence-electron chi connectivity index (χ0n) is 20.1. The number of benzene rings is 3. The first-order chi connectivity index (χ1) is 17.6. The molecule has 0 N–H and O–H groups in total. The van der Waals surface area contributed by atoms with E-state index in [0.717, 1.165) is 35.3 Å². The number of ether oxygens (including phenoxy) is 2. The van der Waals surface area contributed by atoms with Crippen molar-refractivity contribution in [2.24, 2.45) is 0 Å². The van der Waals surface area contributed by atoms with Crippen LogP contribution in [0.25, 0.3) is 11.0 Å². The van der Waals surface area contributed by atoms with E-state index in [-0.39, 0.29) is 23.2 Å². The molecule has 2 unspecified atom stereocenters. The maximum Gasteiger partial charge on any atom is 0.291 e. The third-order valence-corrected chi connectivity index (χ3v) is 6.99. The van der Waals surface area contributed by atoms with Gasteiger partial charge < -0.3 is 18.8 Å². The van der Waals surface area contributed by atoms with Gasteiger partial charge in [-0.05, 0) is 55.2 Å². The molecule has 2 atom stereocenters. The van der Waals surface area contributed by atoms with Crippen molar-refractivity contribution in [1.82, 2.24) is 4.90 Å². The standard InChI is InChI=1S/C30H27NO5/c1-19-9-14-25-24(16-19)28(32)26-27(31(30(33)29(26)36-25)17-23-8-5-15-34-23)21-10-12-22(13-11-21)35-18-20-6-3-2-4-7-20/h2-4,6-7,9-14,16,23,27H,5,8,15,17-18H2,1H3. The van der Waals surface area contributed by atoms with Gasteiger partial charge in [0.05, 0.1) is 23.1 Å². The zero-order chi connectivity index (χ0) is 24.6. The molecule has 6 heteroatoms. The van der Waals surface area contributed by atoms with Crippen LogP contribution in [0.4, 0.5) is 0 Å². The van der Waals surface area contributed by atoms with Crippen LogP contribution in [0.3, 0.4) is 0 Å². The fourth-order valence-electron chi connectivity index (χ4n) is 5.16. The van der Waals surface area contributed by atoms with E-state index in [0.29, 0.717) is 36.3 Å². The van der Waals surface area contributed by atoms with Crippen LogP contribution in [-0.2, 0) is 11.3 Å². The van der Waals surface area contributed by atoms with Crippen molar-refractivity contribution in [3.05, 3.63) is 111 Å². The summed E-state index contributed by atoms with van der Waals surface area (Å²) in [6.07, 6.45) is 1.81. The molecule has 36 heavy (non-hydrogen) atoms. The van der Waals surface area contributed by atoms with Crippen LogP contribution in [0.5, 0.6) is 5.75 Å². The Morgan fingerprint density at radius 2 is 1.81 bits per heavy atom. The molecule has 6 rings (SSSR count). The van der Waals surface area contributed by atoms with Crippen molar-refractivity contribution in [2.45, 2.75) is 38.5 Å². The summed E-state index contributed by atoms with van der Waals surface area (Å²) in [7, 11) is 0. The molecule has 0 radical (unpaired) electrons. The highest BCUT2D eigenvalue weighted by molar-refractivity contribution is 5.99. The quantitative estimate of drug-likeness (QED) is 0.369. The third kappa shape index (κ3) is 4.07. The van der Waals surface area contributed by atoms with E-state index >= 15 is 0 Å². The number of amides is 1. The van der Waals surface area contributed by atoms with E-state index in [1.807, 2.05) is 73.7 Å². The van der Waals surface area contributed by atoms with Crippen LogP contribution in [0.15, 0.2) is 82.0 Å². The van der Waals surface area contributed by atoms with E-state index in [1.54, 1.807) is 11.0 Å². The second-order valence-corrected chi connectivity index (χ2v) is 9.51. The zero-order valence-corrected chi connectivity index (χ0v) is 20.1. The average molecular weight is 482 g/mol. The van der Waals surface area contributed by atoms with Gasteiger partial charge in [0, 0.05) is 13.2 Å². The SMILES string of the molecule is Cc1ccc2oc3c(c(=O)c2c1)C(c1ccc(OCc2ccccc2)cc1)N(CC1CCCO1)C3=O. The van der Waals surface area contributed by atoms with Gasteiger partial charge in [0.15, 0.2) is 5.43 Å². The Kier molecular flexibility index (Phi) is 5.82. The number of carbonyl (C=O) groups excluding carboxylic acids is 1. The summed E-state index contributed by atoms with van der Waals surface area (Å²) in [5, 5.41) is 0.494. The van der Waals surface area contributed by atoms with Crippen molar-refractivity contribution in [3.8, 4) is 5.75 Å². The highest BCUT2D eigenvalue weighted by atomic mass is 16.5. The molecule has 1 aromatic heterocycles. The Labute approximate surface area is 209 Å². The molecular formula is C30H27NO5. The van der Waals surface area contributed by atoms with Gasteiger partial charge in [-0.2, -0.15) is 0 Å². The van der Waals surface area contributed by atoms with Gasteiger partial charge in [-0.1, -0.05) is 54.1 Å². The van der Waals surface area contributed by atoms with Crippen molar-refractivity contribution in [1.29, 1.82) is 0 Å². The van der Waals surface area contributed by atoms with Crippen LogP contribution >= 0.6 is 0 Å². The molecule has 2 aliphatic heterocycles. The summed E-state index contributed by atoms with van der Waals surface area (Å²) < 4.78 is 17.8. The minimum Gasteiger partial charge on any atom is -0.489 e. The molecule has 0 bridgehead atoms. The van der Waals surface area contributed by atoms with Gasteiger partial charge in [-0.25, -0.2) is 0 Å². The van der Waals surface area contributed by atoms with E-state index in [1.165, 1.54) is 0 Å². The van der Waals surface area contributed by atoms with E-state index in [9.17, 15) is 9.59 Å². The molecule has 6 nitrogen and oxygen atoms in total. The molecule has 0 saturated carbocycles. The Hall–Kier alpha value is -3.90. The first-order valence-electron chi connectivity index (χ1n) is 12.3. The summed E-state index contributed by atoms with van der Waals surface area (Å²) in [6, 6.07) is 22.5. The minimum atomic E-state index is -0.541. The summed E-state index contributed by atoms with van der Waals surface area (Å²) >= 11 is 0. The Bertz CT molecular complexity index is 1470. The van der Waals surface area contributed by atoms with Crippen LogP contribution in [0, 0.1) is 6.92 Å². The van der Waals surface area contributed by atoms with E-state index < -0.39 is 6.04 Å². The normalized spacial score (nSPS) is 19.1. The second kappa shape index (κ2) is 9.28. The van der Waals surface area contributed by atoms with Gasteiger partial charge >= 0.3 is 0 Å². The van der Waals surface area contributed by atoms with Crippen LogP contribution in [-0.4, -0.2) is 30.1 Å². The average Bonchev–Trinajstić information content (AvgIpc) is 3.51. The van der Waals surface area contributed by atoms with Crippen molar-refractivity contribution >= 4 is 16.9 Å². The lowest BCUT2D eigenvalue weighted by Crippen LogP contribution is -2.36. The molecule has 3 aromatic carbocycles. The summed E-state index contributed by atoms with van der Waals surface area (Å²) in [6.45, 7) is 3.50. The number of rotatable bonds is 6. The van der Waals surface area contributed by atoms with Crippen LogP contribution < -0.4 is 10.2 Å². The van der Waals surface area contributed by atoms with Gasteiger partial charge in [-0.3, -0.25) is 9.59 Å². The molecule has 3 heterocycles. The fraction of sp³-hybridized carbons (Fsp3) is 0.267. The third-order valence-electron chi connectivity index (χ3n) is 6.99. The number of carbonyl (C=O) groups is 1. The van der Waals surface area contributed by atoms with Gasteiger partial charge in [0.1, 0.15) is 17.9 Å². The summed E-state index contributed by atoms with van der Waals surface area (Å²) in [4.78, 5) is 29.0. The maximum atomic E-state index is 13.7. The molecule has 1 saturated heterocycles. The summed E-state index contributed by atoms with van der Waals surface area (Å²) in [5.41, 5.74) is 3.55. The molecule has 182 valence electrons. The number of hydrogen-bond donors (Lipinski definition) is 0. The first kappa shape index (κ1) is 22.6. The molecular weight excluding hydrogens is 454 g/mol. The molecule has 1 fully saturated rings. The molecule has 0 aliphatic carbocycles. The molecule has 1 amide bonds. The van der Waals surface area contributed by atoms with Crippen molar-refractivity contribution in [3.63, 3.8) is 0 Å². The highest BCUT2D eigenvalue weighted by Gasteiger charge is 2.43. The minimum absolute atomic E-state index is 0.0500. The van der Waals surface area contributed by atoms with Crippen molar-refractivity contribution in [2.75, 3.05) is 13.2 Å². The van der Waals surface area contributed by atoms with Crippen molar-refractivity contribution < 1.29 is 18.7 Å². The number of fused-ring (bicyclic) bond motifs is 2. The Morgan fingerprint density at radius 1 is 1.00 bits per heavy atom. The number of aryl methyl sites for hydroxylation is 1. The Morgan fingerprint density at radius 3 is 2.56 bits per heavy atom. The lowest BCUT2D eigenvalue weighted by molar-refractivity contribution is 0.0486. The van der Waals surface area contributed by atoms with E-state index in [2.05, 4.69) is 0 Å². The highest BCUT2D eigenvalue weighted by Crippen LogP contribution is 2.39. The predicted octanol–water partition coefficient (Wildman–Crippen LogP) is 5.40. The van der Waals surface area contributed by atoms with Crippen LogP contribution in [0.1, 0.15) is 51.7 Å². The predicted molar refractivity (Wildman–Crippen MR) is 136 cm³/mol. The number of hydrogen-bond acceptors (Lipinski definition) is 5. The number of nitrogens with zero attached hydrogens (tertiary/aromatic N) is 1. The molecule has 0 spiro atoms. The lowest BCUT2D eigenvalue weighted by Gasteiger charge is -2.27. The van der Waals surface area contributed by atoms with Crippen LogP contribution in [0.2, 0.25) is 0 Å². The fourth-order valence-corrected chi connectivity index (χ4v) is 5.16. The second-order valence-electron chi connectivity index (χ2n) is 9.51. The Balaban J connectivity index is 1.38. The smallest absolute Gasteiger partial charge is 0.291 e. The summed E-state index contributed by atoms with van der Waals surface area (Å²) in [5.74, 6) is 0.581. The molecule has 4 aromatic rings. The van der Waals surface area contributed by atoms with Gasteiger partial charge in [0.2, 0.25) is 5.76 Å². The largest absolute Gasteiger partial charge is 0.489 e. The topological polar surface area (TPSA) is 69.0 Å². The van der Waals surface area contributed by atoms with E-state index in [4.69, 9.17) is 13.9 Å². The lowest BCUT2D eigenvalue weighted by atomic mass is 9.98. The maximum absolute atomic E-state index is 13.7. The monoisotopic (exact) mass is 481 g/mol.